The Labute approximate surface area is 177 Å². The number of halogens is 6. The molecule has 0 bridgehead atoms. The molecule has 15 heteroatoms. The summed E-state index contributed by atoms with van der Waals surface area (Å²) in [6.45, 7) is -0.235. The van der Waals surface area contributed by atoms with Gasteiger partial charge < -0.3 is 10.6 Å². The van der Waals surface area contributed by atoms with Crippen LogP contribution in [0.1, 0.15) is 28.8 Å². The molecule has 1 fully saturated rings. The average molecular weight is 483 g/mol. The number of nitrogens with two attached hydrogens (primary N) is 2. The topological polar surface area (TPSA) is 132 Å². The van der Waals surface area contributed by atoms with Crippen LogP contribution in [-0.4, -0.2) is 43.1 Å². The van der Waals surface area contributed by atoms with Gasteiger partial charge in [-0.15, -0.1) is 0 Å². The zero-order valence-corrected chi connectivity index (χ0v) is 16.7. The Kier molecular flexibility index (Phi) is 5.84. The Hall–Kier alpha value is -2.94. The van der Waals surface area contributed by atoms with Crippen molar-refractivity contribution in [2.75, 3.05) is 11.4 Å². The molecule has 0 aliphatic carbocycles. The molecular formula is C17H15F6N5O3S. The number of carbonyl (C=O) groups is 1. The number of anilines is 1. The largest absolute Gasteiger partial charge is 0.418 e. The number of hydrogen-bond donors (Lipinski definition) is 2. The Bertz CT molecular complexity index is 1170. The summed E-state index contributed by atoms with van der Waals surface area (Å²) in [5.74, 6) is -2.16. The van der Waals surface area contributed by atoms with Gasteiger partial charge in [-0.3, -0.25) is 4.79 Å². The Morgan fingerprint density at radius 3 is 2.34 bits per heavy atom. The highest BCUT2D eigenvalue weighted by atomic mass is 32.2. The molecule has 32 heavy (non-hydrogen) atoms. The van der Waals surface area contributed by atoms with Crippen molar-refractivity contribution in [3.05, 3.63) is 35.7 Å². The quantitative estimate of drug-likeness (QED) is 0.642. The average Bonchev–Trinajstić information content (AvgIpc) is 3.15. The molecule has 0 radical (unpaired) electrons. The van der Waals surface area contributed by atoms with Crippen molar-refractivity contribution < 1.29 is 39.6 Å². The number of nitrogens with zero attached hydrogens (tertiary/aromatic N) is 3. The molecule has 3 rings (SSSR count). The van der Waals surface area contributed by atoms with Gasteiger partial charge in [0.2, 0.25) is 0 Å². The van der Waals surface area contributed by atoms with Gasteiger partial charge in [-0.25, -0.2) is 23.5 Å². The lowest BCUT2D eigenvalue weighted by molar-refractivity contribution is -0.146. The SMILES string of the molecule is NC(=O)c1c(N2CCC[C@H]2C(F)(F)F)ncc(C(F)(F)F)c1-c1ccnc(S(N)(=O)=O)c1. The third-order valence-electron chi connectivity index (χ3n) is 4.83. The van der Waals surface area contributed by atoms with E-state index in [1.165, 1.54) is 0 Å². The van der Waals surface area contributed by atoms with Crippen LogP contribution in [0.4, 0.5) is 32.2 Å². The molecule has 0 saturated carbocycles. The summed E-state index contributed by atoms with van der Waals surface area (Å²) < 4.78 is 105. The van der Waals surface area contributed by atoms with Gasteiger partial charge in [0.1, 0.15) is 11.9 Å². The van der Waals surface area contributed by atoms with E-state index in [4.69, 9.17) is 10.9 Å². The highest BCUT2D eigenvalue weighted by molar-refractivity contribution is 7.89. The summed E-state index contributed by atoms with van der Waals surface area (Å²) in [6, 6.07) is -0.475. The summed E-state index contributed by atoms with van der Waals surface area (Å²) in [5.41, 5.74) is 1.46. The van der Waals surface area contributed by atoms with E-state index in [0.717, 1.165) is 12.3 Å². The Morgan fingerprint density at radius 1 is 1.16 bits per heavy atom. The number of rotatable bonds is 4. The molecule has 0 aromatic carbocycles. The smallest absolute Gasteiger partial charge is 0.365 e. The predicted octanol–water partition coefficient (Wildman–Crippen LogP) is 2.44. The van der Waals surface area contributed by atoms with Crippen molar-refractivity contribution in [2.24, 2.45) is 10.9 Å². The number of carbonyl (C=O) groups excluding carboxylic acids is 1. The highest BCUT2D eigenvalue weighted by Gasteiger charge is 2.48. The fourth-order valence-electron chi connectivity index (χ4n) is 3.55. The van der Waals surface area contributed by atoms with Gasteiger partial charge in [0, 0.05) is 24.5 Å². The first-order chi connectivity index (χ1) is 14.6. The van der Waals surface area contributed by atoms with Crippen LogP contribution in [0, 0.1) is 0 Å². The Balaban J connectivity index is 2.37. The molecule has 174 valence electrons. The van der Waals surface area contributed by atoms with Gasteiger partial charge in [0.15, 0.2) is 5.03 Å². The standard InChI is InChI=1S/C17H15F6N5O3S/c18-16(19,20)9-7-27-15(28-5-1-2-10(28)17(21,22)23)13(14(24)29)12(9)8-3-4-26-11(6-8)32(25,30)31/h3-4,6-7,10H,1-2,5H2,(H2,24,29)(H2,25,30,31)/t10-/m0/s1. The fourth-order valence-corrected chi connectivity index (χ4v) is 4.05. The van der Waals surface area contributed by atoms with Crippen molar-refractivity contribution in [3.63, 3.8) is 0 Å². The summed E-state index contributed by atoms with van der Waals surface area (Å²) in [5, 5.41) is 4.16. The zero-order valence-electron chi connectivity index (χ0n) is 15.9. The molecule has 1 atom stereocenters. The van der Waals surface area contributed by atoms with Gasteiger partial charge in [-0.05, 0) is 30.5 Å². The third kappa shape index (κ3) is 4.48. The third-order valence-corrected chi connectivity index (χ3v) is 5.63. The number of alkyl halides is 6. The van der Waals surface area contributed by atoms with E-state index in [1.807, 2.05) is 0 Å². The van der Waals surface area contributed by atoms with E-state index in [2.05, 4.69) is 9.97 Å². The van der Waals surface area contributed by atoms with Crippen LogP contribution in [-0.2, 0) is 16.2 Å². The number of sulfonamides is 1. The first-order valence-electron chi connectivity index (χ1n) is 8.85. The maximum Gasteiger partial charge on any atom is 0.418 e. The number of amides is 1. The van der Waals surface area contributed by atoms with Crippen LogP contribution < -0.4 is 15.8 Å². The fraction of sp³-hybridized carbons (Fsp3) is 0.353. The molecule has 1 aliphatic heterocycles. The van der Waals surface area contributed by atoms with Crippen molar-refractivity contribution >= 4 is 21.7 Å². The molecule has 1 saturated heterocycles. The number of primary sulfonamides is 1. The zero-order chi connectivity index (χ0) is 24.1. The van der Waals surface area contributed by atoms with E-state index in [-0.39, 0.29) is 25.6 Å². The van der Waals surface area contributed by atoms with Crippen molar-refractivity contribution in [2.45, 2.75) is 36.3 Å². The van der Waals surface area contributed by atoms with Crippen LogP contribution in [0.5, 0.6) is 0 Å². The minimum Gasteiger partial charge on any atom is -0.365 e. The number of hydrogen-bond acceptors (Lipinski definition) is 6. The molecule has 1 amide bonds. The summed E-state index contributed by atoms with van der Waals surface area (Å²) in [7, 11) is -4.45. The Morgan fingerprint density at radius 2 is 1.81 bits per heavy atom. The summed E-state index contributed by atoms with van der Waals surface area (Å²) >= 11 is 0. The van der Waals surface area contributed by atoms with Gasteiger partial charge in [0.05, 0.1) is 11.1 Å². The lowest BCUT2D eigenvalue weighted by Gasteiger charge is -2.30. The molecule has 8 nitrogen and oxygen atoms in total. The van der Waals surface area contributed by atoms with Crippen molar-refractivity contribution in [1.29, 1.82) is 0 Å². The van der Waals surface area contributed by atoms with Crippen LogP contribution in [0.2, 0.25) is 0 Å². The summed E-state index contributed by atoms with van der Waals surface area (Å²) in [6.07, 6.45) is -9.05. The highest BCUT2D eigenvalue weighted by Crippen LogP contribution is 2.44. The summed E-state index contributed by atoms with van der Waals surface area (Å²) in [4.78, 5) is 19.9. The second-order valence-corrected chi connectivity index (χ2v) is 8.44. The minimum atomic E-state index is -5.11. The molecular weight excluding hydrogens is 468 g/mol. The van der Waals surface area contributed by atoms with Crippen molar-refractivity contribution in [3.8, 4) is 11.1 Å². The molecule has 3 heterocycles. The van der Waals surface area contributed by atoms with E-state index >= 15 is 0 Å². The minimum absolute atomic E-state index is 0.0469. The lowest BCUT2D eigenvalue weighted by atomic mass is 9.95. The molecule has 0 spiro atoms. The van der Waals surface area contributed by atoms with Gasteiger partial charge in [-0.1, -0.05) is 0 Å². The van der Waals surface area contributed by atoms with Crippen LogP contribution >= 0.6 is 0 Å². The molecule has 2 aromatic heterocycles. The first kappa shape index (κ1) is 23.7. The van der Waals surface area contributed by atoms with E-state index in [0.29, 0.717) is 11.0 Å². The number of primary amides is 1. The van der Waals surface area contributed by atoms with Crippen LogP contribution in [0.3, 0.4) is 0 Å². The van der Waals surface area contributed by atoms with Crippen LogP contribution in [0.25, 0.3) is 11.1 Å². The van der Waals surface area contributed by atoms with Crippen molar-refractivity contribution in [1.82, 2.24) is 9.97 Å². The predicted molar refractivity (Wildman–Crippen MR) is 98.8 cm³/mol. The maximum atomic E-state index is 13.7. The van der Waals surface area contributed by atoms with E-state index < -0.39 is 67.4 Å². The van der Waals surface area contributed by atoms with Gasteiger partial charge >= 0.3 is 12.4 Å². The second-order valence-electron chi connectivity index (χ2n) is 6.93. The number of pyridine rings is 2. The molecule has 2 aromatic rings. The lowest BCUT2D eigenvalue weighted by Crippen LogP contribution is -2.42. The molecule has 1 aliphatic rings. The van der Waals surface area contributed by atoms with E-state index in [9.17, 15) is 39.6 Å². The van der Waals surface area contributed by atoms with Gasteiger partial charge in [0.25, 0.3) is 15.9 Å². The first-order valence-corrected chi connectivity index (χ1v) is 10.4. The second kappa shape index (κ2) is 7.88. The maximum absolute atomic E-state index is 13.7. The normalized spacial score (nSPS) is 17.6. The van der Waals surface area contributed by atoms with E-state index in [1.54, 1.807) is 0 Å². The molecule has 0 unspecified atom stereocenters. The van der Waals surface area contributed by atoms with Crippen LogP contribution in [0.15, 0.2) is 29.6 Å². The molecule has 4 N–H and O–H groups in total. The van der Waals surface area contributed by atoms with Gasteiger partial charge in [-0.2, -0.15) is 26.3 Å². The monoisotopic (exact) mass is 483 g/mol. The number of aromatic nitrogens is 2.